The van der Waals surface area contributed by atoms with E-state index in [9.17, 15) is 4.79 Å². The van der Waals surface area contributed by atoms with Crippen molar-refractivity contribution >= 4 is 30.8 Å². The van der Waals surface area contributed by atoms with E-state index in [2.05, 4.69) is 39.3 Å². The molecule has 0 saturated carbocycles. The highest BCUT2D eigenvalue weighted by atomic mass is 35.5. The molecule has 0 bridgehead atoms. The first-order chi connectivity index (χ1) is 12.2. The number of methoxy groups -OCH3 is 1. The molecule has 2 aromatic rings. The quantitative estimate of drug-likeness (QED) is 0.674. The maximum Gasteiger partial charge on any atom is 0.305 e. The van der Waals surface area contributed by atoms with Crippen LogP contribution in [0.4, 0.5) is 0 Å². The maximum absolute atomic E-state index is 11.2. The van der Waals surface area contributed by atoms with E-state index in [1.165, 1.54) is 26.4 Å². The average Bonchev–Trinajstić information content (AvgIpc) is 3.14. The number of piperidine rings is 1. The number of aryl methyl sites for hydroxylation is 2. The van der Waals surface area contributed by atoms with Crippen molar-refractivity contribution in [3.05, 3.63) is 41.9 Å². The predicted octanol–water partition coefficient (Wildman–Crippen LogP) is 3.96. The number of aromatic amines is 1. The number of hydrogen-bond acceptors (Lipinski definition) is 4. The molecule has 150 valence electrons. The Kier molecular flexibility index (Phi) is 10.4. The SMILES string of the molecule is COC(=O)CCc1ccc(-c2c[nH]c(CCC3CCNCC3)n2)cc1.Cl.Cl. The van der Waals surface area contributed by atoms with Crippen LogP contribution >= 0.6 is 24.8 Å². The molecule has 1 fully saturated rings. The van der Waals surface area contributed by atoms with Crippen LogP contribution in [0.2, 0.25) is 0 Å². The highest BCUT2D eigenvalue weighted by molar-refractivity contribution is 5.85. The Balaban J connectivity index is 0.00000182. The molecule has 1 aliphatic rings. The maximum atomic E-state index is 11.2. The summed E-state index contributed by atoms with van der Waals surface area (Å²) in [4.78, 5) is 19.3. The van der Waals surface area contributed by atoms with E-state index in [1.54, 1.807) is 0 Å². The first-order valence-corrected chi connectivity index (χ1v) is 9.15. The Morgan fingerprint density at radius 2 is 1.85 bits per heavy atom. The fourth-order valence-electron chi connectivity index (χ4n) is 3.34. The minimum absolute atomic E-state index is 0. The first kappa shape index (κ1) is 23.5. The van der Waals surface area contributed by atoms with E-state index >= 15 is 0 Å². The predicted molar refractivity (Wildman–Crippen MR) is 113 cm³/mol. The van der Waals surface area contributed by atoms with Gasteiger partial charge in [0, 0.05) is 24.6 Å². The monoisotopic (exact) mass is 413 g/mol. The molecule has 0 amide bonds. The number of halogens is 2. The Morgan fingerprint density at radius 1 is 1.15 bits per heavy atom. The Morgan fingerprint density at radius 3 is 2.52 bits per heavy atom. The highest BCUT2D eigenvalue weighted by Gasteiger charge is 2.14. The smallest absolute Gasteiger partial charge is 0.305 e. The van der Waals surface area contributed by atoms with Gasteiger partial charge < -0.3 is 15.0 Å². The zero-order chi connectivity index (χ0) is 17.5. The molecule has 2 heterocycles. The number of imidazole rings is 1. The van der Waals surface area contributed by atoms with E-state index < -0.39 is 0 Å². The lowest BCUT2D eigenvalue weighted by Gasteiger charge is -2.21. The highest BCUT2D eigenvalue weighted by Crippen LogP contribution is 2.21. The zero-order valence-electron chi connectivity index (χ0n) is 15.7. The summed E-state index contributed by atoms with van der Waals surface area (Å²) in [5.41, 5.74) is 3.22. The number of rotatable bonds is 7. The number of carbonyl (C=O) groups excluding carboxylic acids is 1. The van der Waals surface area contributed by atoms with Gasteiger partial charge in [0.1, 0.15) is 5.82 Å². The van der Waals surface area contributed by atoms with Crippen molar-refractivity contribution in [1.29, 1.82) is 0 Å². The molecule has 7 heteroatoms. The van der Waals surface area contributed by atoms with E-state index in [4.69, 9.17) is 4.98 Å². The fourth-order valence-corrected chi connectivity index (χ4v) is 3.34. The molecule has 3 rings (SSSR count). The number of benzene rings is 1. The van der Waals surface area contributed by atoms with Gasteiger partial charge >= 0.3 is 5.97 Å². The Hall–Kier alpha value is -1.56. The summed E-state index contributed by atoms with van der Waals surface area (Å²) in [6.07, 6.45) is 7.89. The number of nitrogens with zero attached hydrogens (tertiary/aromatic N) is 1. The van der Waals surface area contributed by atoms with E-state index in [1.807, 2.05) is 6.20 Å². The van der Waals surface area contributed by atoms with E-state index in [0.29, 0.717) is 12.8 Å². The lowest BCUT2D eigenvalue weighted by atomic mass is 9.93. The van der Waals surface area contributed by atoms with Crippen LogP contribution in [-0.4, -0.2) is 36.1 Å². The number of carbonyl (C=O) groups is 1. The third kappa shape index (κ3) is 7.17. The molecule has 0 spiro atoms. The summed E-state index contributed by atoms with van der Waals surface area (Å²) < 4.78 is 4.68. The lowest BCUT2D eigenvalue weighted by molar-refractivity contribution is -0.140. The number of hydrogen-bond donors (Lipinski definition) is 2. The van der Waals surface area contributed by atoms with Crippen molar-refractivity contribution in [2.45, 2.75) is 38.5 Å². The summed E-state index contributed by atoms with van der Waals surface area (Å²) in [5.74, 6) is 1.72. The second-order valence-electron chi connectivity index (χ2n) is 6.74. The molecule has 0 atom stereocenters. The number of aromatic nitrogens is 2. The second-order valence-corrected chi connectivity index (χ2v) is 6.74. The molecule has 1 aliphatic heterocycles. The summed E-state index contributed by atoms with van der Waals surface area (Å²) in [6, 6.07) is 8.25. The molecule has 1 aromatic heterocycles. The molecule has 27 heavy (non-hydrogen) atoms. The van der Waals surface area contributed by atoms with Gasteiger partial charge in [0.05, 0.1) is 12.8 Å². The van der Waals surface area contributed by atoms with Gasteiger partial charge in [-0.05, 0) is 50.3 Å². The van der Waals surface area contributed by atoms with E-state index in [0.717, 1.165) is 48.1 Å². The molecule has 1 saturated heterocycles. The van der Waals surface area contributed by atoms with Crippen molar-refractivity contribution in [2.24, 2.45) is 5.92 Å². The average molecular weight is 414 g/mol. The third-order valence-corrected chi connectivity index (χ3v) is 4.97. The second kappa shape index (κ2) is 12.0. The Labute approximate surface area is 173 Å². The molecule has 0 aliphatic carbocycles. The fraction of sp³-hybridized carbons (Fsp3) is 0.500. The minimum atomic E-state index is -0.172. The molecular weight excluding hydrogens is 385 g/mol. The molecule has 0 radical (unpaired) electrons. The van der Waals surface area contributed by atoms with Crippen LogP contribution in [0, 0.1) is 5.92 Å². The number of H-pyrrole nitrogens is 1. The minimum Gasteiger partial charge on any atom is -0.469 e. The van der Waals surface area contributed by atoms with Gasteiger partial charge in [0.2, 0.25) is 0 Å². The van der Waals surface area contributed by atoms with Crippen molar-refractivity contribution in [3.63, 3.8) is 0 Å². The van der Waals surface area contributed by atoms with Crippen molar-refractivity contribution in [3.8, 4) is 11.3 Å². The van der Waals surface area contributed by atoms with Gasteiger partial charge in [0.15, 0.2) is 0 Å². The van der Waals surface area contributed by atoms with Gasteiger partial charge in [-0.25, -0.2) is 4.98 Å². The van der Waals surface area contributed by atoms with Crippen LogP contribution in [0.1, 0.15) is 37.1 Å². The summed E-state index contributed by atoms with van der Waals surface area (Å²) >= 11 is 0. The molecule has 2 N–H and O–H groups in total. The van der Waals surface area contributed by atoms with Crippen LogP contribution in [0.3, 0.4) is 0 Å². The molecule has 0 unspecified atom stereocenters. The number of esters is 1. The zero-order valence-corrected chi connectivity index (χ0v) is 17.3. The number of nitrogens with one attached hydrogen (secondary N) is 2. The van der Waals surface area contributed by atoms with Crippen LogP contribution in [0.15, 0.2) is 30.5 Å². The summed E-state index contributed by atoms with van der Waals surface area (Å²) in [7, 11) is 1.42. The Bertz CT molecular complexity index is 683. The van der Waals surface area contributed by atoms with Gasteiger partial charge in [-0.15, -0.1) is 24.8 Å². The van der Waals surface area contributed by atoms with Gasteiger partial charge in [-0.2, -0.15) is 0 Å². The first-order valence-electron chi connectivity index (χ1n) is 9.15. The standard InChI is InChI=1S/C20H27N3O2.2ClH/c1-25-20(24)9-5-15-2-6-17(7-3-15)18-14-22-19(23-18)8-4-16-10-12-21-13-11-16;;/h2-3,6-7,14,16,21H,4-5,8-13H2,1H3,(H,22,23);2*1H. The van der Waals surface area contributed by atoms with Gasteiger partial charge in [-0.1, -0.05) is 24.3 Å². The molecular formula is C20H29Cl2N3O2. The van der Waals surface area contributed by atoms with Gasteiger partial charge in [0.25, 0.3) is 0 Å². The normalized spacial score (nSPS) is 14.1. The molecule has 5 nitrogen and oxygen atoms in total. The molecule has 1 aromatic carbocycles. The summed E-state index contributed by atoms with van der Waals surface area (Å²) in [5, 5.41) is 3.41. The van der Waals surface area contributed by atoms with Crippen LogP contribution in [0.25, 0.3) is 11.3 Å². The van der Waals surface area contributed by atoms with Crippen molar-refractivity contribution < 1.29 is 9.53 Å². The third-order valence-electron chi connectivity index (χ3n) is 4.97. The summed E-state index contributed by atoms with van der Waals surface area (Å²) in [6.45, 7) is 2.30. The lowest BCUT2D eigenvalue weighted by Crippen LogP contribution is -2.27. The van der Waals surface area contributed by atoms with Crippen molar-refractivity contribution in [1.82, 2.24) is 15.3 Å². The largest absolute Gasteiger partial charge is 0.469 e. The van der Waals surface area contributed by atoms with Crippen LogP contribution in [0.5, 0.6) is 0 Å². The van der Waals surface area contributed by atoms with Crippen molar-refractivity contribution in [2.75, 3.05) is 20.2 Å². The van der Waals surface area contributed by atoms with Crippen LogP contribution in [-0.2, 0) is 22.4 Å². The number of ether oxygens (including phenoxy) is 1. The van der Waals surface area contributed by atoms with E-state index in [-0.39, 0.29) is 30.8 Å². The topological polar surface area (TPSA) is 67.0 Å². The van der Waals surface area contributed by atoms with Gasteiger partial charge in [-0.3, -0.25) is 4.79 Å². The van der Waals surface area contributed by atoms with Crippen LogP contribution < -0.4 is 5.32 Å².